The first-order valence-electron chi connectivity index (χ1n) is 8.89. The van der Waals surface area contributed by atoms with Crippen LogP contribution in [0.5, 0.6) is 0 Å². The number of hydrogen-bond donors (Lipinski definition) is 1. The predicted molar refractivity (Wildman–Crippen MR) is 93.7 cm³/mol. The van der Waals surface area contributed by atoms with Crippen LogP contribution in [-0.4, -0.2) is 60.9 Å². The third-order valence-electron chi connectivity index (χ3n) is 5.51. The normalized spacial score (nSPS) is 20.3. The van der Waals surface area contributed by atoms with Gasteiger partial charge in [-0.3, -0.25) is 14.5 Å². The van der Waals surface area contributed by atoms with E-state index in [1.807, 2.05) is 11.0 Å². The van der Waals surface area contributed by atoms with Gasteiger partial charge < -0.3 is 10.2 Å². The highest BCUT2D eigenvalue weighted by atomic mass is 16.2. The number of nitrogens with zero attached hydrogens (tertiary/aromatic N) is 2. The summed E-state index contributed by atoms with van der Waals surface area (Å²) in [5, 5.41) is 3.14. The van der Waals surface area contributed by atoms with E-state index in [0.717, 1.165) is 45.6 Å². The van der Waals surface area contributed by atoms with Crippen molar-refractivity contribution in [1.29, 1.82) is 0 Å². The molecule has 2 amide bonds. The maximum absolute atomic E-state index is 12.3. The van der Waals surface area contributed by atoms with Gasteiger partial charge in [-0.05, 0) is 18.4 Å². The fourth-order valence-corrected chi connectivity index (χ4v) is 3.71. The quantitative estimate of drug-likeness (QED) is 0.888. The summed E-state index contributed by atoms with van der Waals surface area (Å²) in [5.41, 5.74) is 1.47. The maximum atomic E-state index is 12.3. The van der Waals surface area contributed by atoms with E-state index in [0.29, 0.717) is 6.54 Å². The molecule has 0 atom stereocenters. The van der Waals surface area contributed by atoms with Crippen LogP contribution in [0.2, 0.25) is 0 Å². The smallest absolute Gasteiger partial charge is 0.234 e. The molecule has 0 spiro atoms. The molecule has 0 bridgehead atoms. The van der Waals surface area contributed by atoms with E-state index in [9.17, 15) is 9.59 Å². The van der Waals surface area contributed by atoms with Gasteiger partial charge in [0.1, 0.15) is 0 Å². The summed E-state index contributed by atoms with van der Waals surface area (Å²) < 4.78 is 0. The first kappa shape index (κ1) is 17.0. The third kappa shape index (κ3) is 3.78. The number of nitrogens with one attached hydrogen (secondary N) is 1. The van der Waals surface area contributed by atoms with E-state index in [2.05, 4.69) is 34.5 Å². The van der Waals surface area contributed by atoms with Crippen LogP contribution in [0.4, 0.5) is 0 Å². The number of carbonyl (C=O) groups excluding carboxylic acids is 2. The van der Waals surface area contributed by atoms with Crippen LogP contribution in [0, 0.1) is 0 Å². The van der Waals surface area contributed by atoms with Gasteiger partial charge in [-0.15, -0.1) is 0 Å². The van der Waals surface area contributed by atoms with Gasteiger partial charge in [0.15, 0.2) is 0 Å². The molecule has 2 aliphatic rings. The van der Waals surface area contributed by atoms with Crippen molar-refractivity contribution in [3.8, 4) is 0 Å². The summed E-state index contributed by atoms with van der Waals surface area (Å²) in [7, 11) is 0. The fraction of sp³-hybridized carbons (Fsp3) is 0.579. The number of piperazine rings is 1. The fourth-order valence-electron chi connectivity index (χ4n) is 3.71. The van der Waals surface area contributed by atoms with Crippen molar-refractivity contribution in [2.45, 2.75) is 31.6 Å². The van der Waals surface area contributed by atoms with Crippen LogP contribution in [0.25, 0.3) is 0 Å². The summed E-state index contributed by atoms with van der Waals surface area (Å²) in [6, 6.07) is 10.5. The first-order valence-corrected chi connectivity index (χ1v) is 8.89. The van der Waals surface area contributed by atoms with Gasteiger partial charge >= 0.3 is 0 Å². The molecule has 1 saturated heterocycles. The molecule has 5 heteroatoms. The van der Waals surface area contributed by atoms with E-state index in [4.69, 9.17) is 0 Å². The maximum Gasteiger partial charge on any atom is 0.234 e. The molecule has 0 radical (unpaired) electrons. The summed E-state index contributed by atoms with van der Waals surface area (Å²) in [4.78, 5) is 27.6. The molecule has 1 saturated carbocycles. The van der Waals surface area contributed by atoms with Crippen LogP contribution >= 0.6 is 0 Å². The highest BCUT2D eigenvalue weighted by molar-refractivity contribution is 5.78. The average Bonchev–Trinajstić information content (AvgIpc) is 2.55. The highest BCUT2D eigenvalue weighted by Gasteiger charge is 2.38. The van der Waals surface area contributed by atoms with Crippen molar-refractivity contribution in [2.24, 2.45) is 0 Å². The Bertz CT molecular complexity index is 576. The second-order valence-electron chi connectivity index (χ2n) is 7.06. The third-order valence-corrected chi connectivity index (χ3v) is 5.51. The monoisotopic (exact) mass is 329 g/mol. The van der Waals surface area contributed by atoms with Gasteiger partial charge in [0.2, 0.25) is 11.8 Å². The molecule has 3 rings (SSSR count). The lowest BCUT2D eigenvalue weighted by Crippen LogP contribution is -2.52. The van der Waals surface area contributed by atoms with E-state index in [1.165, 1.54) is 12.0 Å². The van der Waals surface area contributed by atoms with Gasteiger partial charge in [-0.25, -0.2) is 0 Å². The number of rotatable bonds is 5. The molecule has 0 aromatic heterocycles. The molecule has 1 aliphatic heterocycles. The lowest BCUT2D eigenvalue weighted by molar-refractivity contribution is -0.131. The highest BCUT2D eigenvalue weighted by Crippen LogP contribution is 2.43. The minimum Gasteiger partial charge on any atom is -0.354 e. The Morgan fingerprint density at radius 2 is 1.75 bits per heavy atom. The Morgan fingerprint density at radius 3 is 2.29 bits per heavy atom. The average molecular weight is 329 g/mol. The predicted octanol–water partition coefficient (Wildman–Crippen LogP) is 1.39. The topological polar surface area (TPSA) is 52.7 Å². The first-order chi connectivity index (χ1) is 11.6. The summed E-state index contributed by atoms with van der Waals surface area (Å²) in [6.07, 6.45) is 3.53. The zero-order valence-electron chi connectivity index (χ0n) is 14.5. The molecule has 5 nitrogen and oxygen atoms in total. The number of carbonyl (C=O) groups is 2. The van der Waals surface area contributed by atoms with Crippen LogP contribution in [0.3, 0.4) is 0 Å². The minimum atomic E-state index is 0.0912. The molecule has 1 N–H and O–H groups in total. The van der Waals surface area contributed by atoms with Crippen molar-refractivity contribution in [3.05, 3.63) is 35.9 Å². The number of hydrogen-bond acceptors (Lipinski definition) is 3. The van der Waals surface area contributed by atoms with Crippen molar-refractivity contribution >= 4 is 11.8 Å². The summed E-state index contributed by atoms with van der Waals surface area (Å²) in [5.74, 6) is 0.211. The van der Waals surface area contributed by atoms with Crippen LogP contribution in [0.15, 0.2) is 30.3 Å². The van der Waals surface area contributed by atoms with Gasteiger partial charge in [-0.1, -0.05) is 36.8 Å². The van der Waals surface area contributed by atoms with Crippen molar-refractivity contribution in [1.82, 2.24) is 15.1 Å². The van der Waals surface area contributed by atoms with Gasteiger partial charge in [-0.2, -0.15) is 0 Å². The Morgan fingerprint density at radius 1 is 1.08 bits per heavy atom. The van der Waals surface area contributed by atoms with Gasteiger partial charge in [0.05, 0.1) is 6.54 Å². The van der Waals surface area contributed by atoms with E-state index >= 15 is 0 Å². The summed E-state index contributed by atoms with van der Waals surface area (Å²) >= 11 is 0. The van der Waals surface area contributed by atoms with Gasteiger partial charge in [0, 0.05) is 45.1 Å². The van der Waals surface area contributed by atoms with E-state index < -0.39 is 0 Å². The molecule has 1 aromatic carbocycles. The Kier molecular flexibility index (Phi) is 5.19. The second kappa shape index (κ2) is 7.34. The van der Waals surface area contributed by atoms with Crippen LogP contribution in [-0.2, 0) is 15.0 Å². The molecule has 1 heterocycles. The minimum absolute atomic E-state index is 0.0912. The molecule has 2 fully saturated rings. The number of benzene rings is 1. The zero-order chi connectivity index (χ0) is 17.0. The largest absolute Gasteiger partial charge is 0.354 e. The standard InChI is InChI=1S/C19H27N3O2/c1-16(23)22-12-10-21(11-13-22)14-18(24)20-15-19(8-5-9-19)17-6-3-2-4-7-17/h2-4,6-7H,5,8-15H2,1H3,(H,20,24). The molecule has 24 heavy (non-hydrogen) atoms. The van der Waals surface area contributed by atoms with Crippen LogP contribution < -0.4 is 5.32 Å². The van der Waals surface area contributed by atoms with Gasteiger partial charge in [0.25, 0.3) is 0 Å². The lowest BCUT2D eigenvalue weighted by atomic mass is 9.64. The molecule has 130 valence electrons. The van der Waals surface area contributed by atoms with Crippen molar-refractivity contribution < 1.29 is 9.59 Å². The van der Waals surface area contributed by atoms with E-state index in [-0.39, 0.29) is 17.2 Å². The summed E-state index contributed by atoms with van der Waals surface area (Å²) in [6.45, 7) is 5.74. The Labute approximate surface area is 144 Å². The zero-order valence-corrected chi connectivity index (χ0v) is 14.5. The second-order valence-corrected chi connectivity index (χ2v) is 7.06. The number of amides is 2. The lowest BCUT2D eigenvalue weighted by Gasteiger charge is -2.43. The van der Waals surface area contributed by atoms with Crippen molar-refractivity contribution in [2.75, 3.05) is 39.3 Å². The molecule has 1 aromatic rings. The molecular weight excluding hydrogens is 302 g/mol. The molecule has 0 unspecified atom stereocenters. The SMILES string of the molecule is CC(=O)N1CCN(CC(=O)NCC2(c3ccccc3)CCC2)CC1. The molecule has 1 aliphatic carbocycles. The Balaban J connectivity index is 1.47. The Hall–Kier alpha value is -1.88. The van der Waals surface area contributed by atoms with E-state index in [1.54, 1.807) is 6.92 Å². The van der Waals surface area contributed by atoms with Crippen molar-refractivity contribution in [3.63, 3.8) is 0 Å². The molecular formula is C19H27N3O2. The van der Waals surface area contributed by atoms with Crippen LogP contribution in [0.1, 0.15) is 31.7 Å².